The van der Waals surface area contributed by atoms with E-state index < -0.39 is 15.6 Å². The Hall–Kier alpha value is -1.49. The SMILES string of the molecule is CC(C)[C@@H]1CC[C@@H](C)C[C@@]12COc1c3[n+](cn12)[C@]1(CC[C@@H](C)C[C@H]1C(C)C)CO3.O=S(=O)([O-])C(F)(F)F. The molecule has 2 saturated carbocycles. The van der Waals surface area contributed by atoms with Crippen molar-refractivity contribution in [2.75, 3.05) is 13.2 Å². The predicted octanol–water partition coefficient (Wildman–Crippen LogP) is 5.19. The van der Waals surface area contributed by atoms with E-state index in [0.717, 1.165) is 36.8 Å². The fourth-order valence-corrected chi connectivity index (χ4v) is 7.66. The Kier molecular flexibility index (Phi) is 7.40. The minimum absolute atomic E-state index is 0.109. The number of alkyl halides is 3. The quantitative estimate of drug-likeness (QED) is 0.288. The summed E-state index contributed by atoms with van der Waals surface area (Å²) in [6.45, 7) is 16.1. The standard InChI is InChI=1S/C25H41N2O2.CHF3O3S/c1-16(2)20-8-7-19(6)12-25(20)14-29-23-22-26(15-27(23)25)24(13-28-22)10-9-18(5)11-21(24)17(3)4;2-1(3,4)8(5,6)7/h15-21H,7-14H2,1-6H3;(H,5,6,7)/q+1;/p-1/t18-,19-,20+,21+,24-,25-;/m1./s1. The molecule has 2 aliphatic carbocycles. The lowest BCUT2D eigenvalue weighted by atomic mass is 9.65. The topological polar surface area (TPSA) is 84.5 Å². The number of halogens is 3. The molecular weight excluding hydrogens is 509 g/mol. The zero-order chi connectivity index (χ0) is 27.6. The maximum absolute atomic E-state index is 10.7. The maximum Gasteiger partial charge on any atom is 0.485 e. The van der Waals surface area contributed by atoms with Crippen LogP contribution in [0.4, 0.5) is 13.2 Å². The van der Waals surface area contributed by atoms with Crippen LogP contribution in [-0.2, 0) is 21.2 Å². The number of fused-ring (bicyclic) bond motifs is 5. The van der Waals surface area contributed by atoms with E-state index in [0.29, 0.717) is 23.7 Å². The number of aromatic nitrogens is 2. The largest absolute Gasteiger partial charge is 0.741 e. The monoisotopic (exact) mass is 550 g/mol. The van der Waals surface area contributed by atoms with Crippen LogP contribution in [0.2, 0.25) is 0 Å². The van der Waals surface area contributed by atoms with Gasteiger partial charge in [-0.2, -0.15) is 22.3 Å². The molecule has 2 aliphatic heterocycles. The molecule has 37 heavy (non-hydrogen) atoms. The van der Waals surface area contributed by atoms with Gasteiger partial charge in [0, 0.05) is 11.8 Å². The molecule has 1 aromatic rings. The first-order valence-corrected chi connectivity index (χ1v) is 14.9. The van der Waals surface area contributed by atoms with E-state index in [1.54, 1.807) is 0 Å². The van der Waals surface area contributed by atoms with Gasteiger partial charge in [-0.15, -0.1) is 0 Å². The van der Waals surface area contributed by atoms with E-state index in [-0.39, 0.29) is 11.1 Å². The van der Waals surface area contributed by atoms with Crippen molar-refractivity contribution in [2.24, 2.45) is 35.5 Å². The van der Waals surface area contributed by atoms with Gasteiger partial charge in [-0.25, -0.2) is 8.42 Å². The summed E-state index contributed by atoms with van der Waals surface area (Å²) in [6, 6.07) is 0. The van der Waals surface area contributed by atoms with Gasteiger partial charge in [0.15, 0.2) is 21.2 Å². The highest BCUT2D eigenvalue weighted by Gasteiger charge is 2.62. The van der Waals surface area contributed by atoms with Crippen LogP contribution in [-0.4, -0.2) is 36.3 Å². The third-order valence-corrected chi connectivity index (χ3v) is 9.97. The number of hydrogen-bond acceptors (Lipinski definition) is 5. The van der Waals surface area contributed by atoms with Gasteiger partial charge >= 0.3 is 17.3 Å². The predicted molar refractivity (Wildman–Crippen MR) is 130 cm³/mol. The van der Waals surface area contributed by atoms with Gasteiger partial charge in [0.2, 0.25) is 0 Å². The zero-order valence-corrected chi connectivity index (χ0v) is 23.5. The van der Waals surface area contributed by atoms with Crippen LogP contribution in [0, 0.1) is 35.5 Å². The Morgan fingerprint density at radius 1 is 1.03 bits per heavy atom. The second kappa shape index (κ2) is 9.61. The van der Waals surface area contributed by atoms with Crippen LogP contribution < -0.4 is 14.0 Å². The summed E-state index contributed by atoms with van der Waals surface area (Å²) < 4.78 is 76.9. The number of imidazole rings is 1. The van der Waals surface area contributed by atoms with Gasteiger partial charge < -0.3 is 14.0 Å². The van der Waals surface area contributed by atoms with Crippen LogP contribution >= 0.6 is 0 Å². The summed E-state index contributed by atoms with van der Waals surface area (Å²) in [5.41, 5.74) is -5.42. The lowest BCUT2D eigenvalue weighted by Gasteiger charge is -2.43. The highest BCUT2D eigenvalue weighted by Crippen LogP contribution is 2.54. The lowest BCUT2D eigenvalue weighted by Crippen LogP contribution is -2.62. The summed E-state index contributed by atoms with van der Waals surface area (Å²) >= 11 is 0. The van der Waals surface area contributed by atoms with Gasteiger partial charge in [0.05, 0.1) is 0 Å². The van der Waals surface area contributed by atoms with Crippen molar-refractivity contribution in [1.82, 2.24) is 4.57 Å². The molecule has 0 N–H and O–H groups in total. The van der Waals surface area contributed by atoms with Crippen molar-refractivity contribution in [3.63, 3.8) is 0 Å². The molecule has 2 fully saturated rings. The summed E-state index contributed by atoms with van der Waals surface area (Å²) in [6.07, 6.45) is 10.2. The van der Waals surface area contributed by atoms with Crippen LogP contribution in [0.5, 0.6) is 11.8 Å². The molecule has 4 aliphatic rings. The van der Waals surface area contributed by atoms with Gasteiger partial charge in [-0.1, -0.05) is 48.0 Å². The molecule has 0 bridgehead atoms. The molecular formula is C26H41F3N2O5S. The molecule has 0 saturated heterocycles. The van der Waals surface area contributed by atoms with Crippen LogP contribution in [0.3, 0.4) is 0 Å². The Morgan fingerprint density at radius 3 is 2.22 bits per heavy atom. The molecule has 2 spiro atoms. The van der Waals surface area contributed by atoms with Gasteiger partial charge in [-0.3, -0.25) is 0 Å². The van der Waals surface area contributed by atoms with Crippen molar-refractivity contribution in [2.45, 2.75) is 96.7 Å². The third kappa shape index (κ3) is 4.76. The Balaban J connectivity index is 0.000000349. The zero-order valence-electron chi connectivity index (χ0n) is 22.7. The van der Waals surface area contributed by atoms with Gasteiger partial charge in [0.25, 0.3) is 6.33 Å². The summed E-state index contributed by atoms with van der Waals surface area (Å²) in [7, 11) is -6.09. The molecule has 212 valence electrons. The van der Waals surface area contributed by atoms with Crippen molar-refractivity contribution in [3.8, 4) is 11.8 Å². The van der Waals surface area contributed by atoms with E-state index in [2.05, 4.69) is 57.0 Å². The van der Waals surface area contributed by atoms with E-state index in [9.17, 15) is 13.2 Å². The van der Waals surface area contributed by atoms with Crippen molar-refractivity contribution in [3.05, 3.63) is 6.33 Å². The molecule has 3 heterocycles. The summed E-state index contributed by atoms with van der Waals surface area (Å²) in [5.74, 6) is 6.30. The molecule has 1 aromatic heterocycles. The first-order valence-electron chi connectivity index (χ1n) is 13.5. The molecule has 11 heteroatoms. The molecule has 0 radical (unpaired) electrons. The molecule has 0 amide bonds. The van der Waals surface area contributed by atoms with Crippen molar-refractivity contribution < 1.29 is 40.2 Å². The minimum Gasteiger partial charge on any atom is -0.741 e. The average molecular weight is 551 g/mol. The number of hydrogen-bond donors (Lipinski definition) is 0. The van der Waals surface area contributed by atoms with Gasteiger partial charge in [-0.05, 0) is 55.8 Å². The first kappa shape index (κ1) is 28.5. The molecule has 0 aromatic carbocycles. The normalized spacial score (nSPS) is 35.2. The smallest absolute Gasteiger partial charge is 0.485 e. The maximum atomic E-state index is 10.7. The Morgan fingerprint density at radius 2 is 1.65 bits per heavy atom. The fourth-order valence-electron chi connectivity index (χ4n) is 7.66. The Bertz CT molecular complexity index is 1100. The van der Waals surface area contributed by atoms with Crippen molar-refractivity contribution in [1.29, 1.82) is 0 Å². The third-order valence-electron chi connectivity index (χ3n) is 9.40. The molecule has 5 rings (SSSR count). The number of rotatable bonds is 2. The summed E-state index contributed by atoms with van der Waals surface area (Å²) in [4.78, 5) is 0. The van der Waals surface area contributed by atoms with E-state index >= 15 is 0 Å². The van der Waals surface area contributed by atoms with E-state index in [1.807, 2.05) is 0 Å². The van der Waals surface area contributed by atoms with Crippen LogP contribution in [0.1, 0.15) is 80.1 Å². The Labute approximate surface area is 218 Å². The fraction of sp³-hybridized carbons (Fsp3) is 0.885. The second-order valence-corrected chi connectivity index (χ2v) is 14.0. The second-order valence-electron chi connectivity index (χ2n) is 12.6. The highest BCUT2D eigenvalue weighted by atomic mass is 32.2. The first-order chi connectivity index (χ1) is 17.0. The number of nitrogens with zero attached hydrogens (tertiary/aromatic N) is 2. The van der Waals surface area contributed by atoms with Crippen LogP contribution in [0.25, 0.3) is 0 Å². The lowest BCUT2D eigenvalue weighted by molar-refractivity contribution is -0.759. The average Bonchev–Trinajstić information content (AvgIpc) is 3.41. The summed E-state index contributed by atoms with van der Waals surface area (Å²) in [5, 5.41) is 0. The van der Waals surface area contributed by atoms with Crippen molar-refractivity contribution >= 4 is 10.1 Å². The van der Waals surface area contributed by atoms with Gasteiger partial charge in [0.1, 0.15) is 13.2 Å². The molecule has 6 atom stereocenters. The molecule has 7 nitrogen and oxygen atoms in total. The minimum atomic E-state index is -6.09. The highest BCUT2D eigenvalue weighted by molar-refractivity contribution is 7.86. The van der Waals surface area contributed by atoms with E-state index in [1.165, 1.54) is 38.5 Å². The van der Waals surface area contributed by atoms with Crippen LogP contribution in [0.15, 0.2) is 6.33 Å². The number of ether oxygens (including phenoxy) is 2. The molecule has 0 unspecified atom stereocenters. The van der Waals surface area contributed by atoms with E-state index in [4.69, 9.17) is 22.4 Å².